The Morgan fingerprint density at radius 1 is 0.444 bits per heavy atom. The Bertz CT molecular complexity index is 5400. The second-order valence-corrected chi connectivity index (χ2v) is 36.1. The average Bonchev–Trinajstić information content (AvgIpc) is 1.59. The number of aryl methyl sites for hydroxylation is 5. The predicted octanol–water partition coefficient (Wildman–Crippen LogP) is 15.0. The smallest absolute Gasteiger partial charge is 0.405 e. The fourth-order valence-corrected chi connectivity index (χ4v) is 15.0. The zero-order chi connectivity index (χ0) is 90.7. The molecule has 5 aliphatic rings. The summed E-state index contributed by atoms with van der Waals surface area (Å²) < 4.78 is 124. The number of carbonyl (C=O) groups is 2. The normalized spacial score (nSPS) is 18.0. The molecular weight excluding hydrogens is 1740 g/mol. The van der Waals surface area contributed by atoms with Crippen molar-refractivity contribution in [3.8, 4) is 11.3 Å². The van der Waals surface area contributed by atoms with Crippen molar-refractivity contribution in [2.45, 2.75) is 182 Å². The van der Waals surface area contributed by atoms with Crippen LogP contribution in [0, 0.1) is 0 Å². The number of aromatic nitrogens is 10. The van der Waals surface area contributed by atoms with E-state index in [0.29, 0.717) is 29.6 Å². The third-order valence-corrected chi connectivity index (χ3v) is 24.8. The number of amides is 4. The lowest BCUT2D eigenvalue weighted by Gasteiger charge is -2.33. The highest BCUT2D eigenvalue weighted by Crippen LogP contribution is 2.45. The van der Waals surface area contributed by atoms with Crippen LogP contribution in [0.15, 0.2) is 113 Å². The number of benzene rings is 5. The lowest BCUT2D eigenvalue weighted by atomic mass is 9.49. The van der Waals surface area contributed by atoms with Gasteiger partial charge in [-0.25, -0.2) is 39.5 Å². The van der Waals surface area contributed by atoms with Crippen LogP contribution in [0.25, 0.3) is 44.0 Å². The molecule has 664 valence electrons. The molecule has 29 nitrogen and oxygen atoms in total. The monoisotopic (exact) mass is 1850 g/mol. The van der Waals surface area contributed by atoms with Crippen molar-refractivity contribution < 1.29 is 63.9 Å². The average molecular weight is 1850 g/mol. The van der Waals surface area contributed by atoms with Gasteiger partial charge in [-0.2, -0.15) is 36.5 Å². The van der Waals surface area contributed by atoms with Crippen molar-refractivity contribution in [3.05, 3.63) is 152 Å². The first-order valence-electron chi connectivity index (χ1n) is 40.9. The molecule has 5 aliphatic heterocycles. The van der Waals surface area contributed by atoms with Gasteiger partial charge in [-0.05, 0) is 214 Å². The van der Waals surface area contributed by atoms with Gasteiger partial charge in [-0.3, -0.25) is 29.8 Å². The number of nitrogens with zero attached hydrogens (tertiary/aromatic N) is 14. The minimum absolute atomic E-state index is 0.0366. The topological polar surface area (TPSA) is 342 Å². The van der Waals surface area contributed by atoms with Gasteiger partial charge >= 0.3 is 45.6 Å². The van der Waals surface area contributed by atoms with Crippen molar-refractivity contribution in [1.82, 2.24) is 69.1 Å². The zero-order valence-corrected chi connectivity index (χ0v) is 76.7. The molecule has 124 heavy (non-hydrogen) atoms. The van der Waals surface area contributed by atoms with Gasteiger partial charge in [0.1, 0.15) is 4.60 Å². The molecule has 15 rings (SSSR count). The number of carbonyl (C=O) groups excluding carboxylic acids is 2. The lowest BCUT2D eigenvalue weighted by molar-refractivity contribution is -0.139. The van der Waals surface area contributed by atoms with E-state index in [-0.39, 0.29) is 93.9 Å². The molecule has 10 heterocycles. The van der Waals surface area contributed by atoms with Crippen molar-refractivity contribution in [1.29, 1.82) is 0 Å². The molecule has 0 unspecified atom stereocenters. The summed E-state index contributed by atoms with van der Waals surface area (Å²) in [6.45, 7) is 37.1. The van der Waals surface area contributed by atoms with Crippen molar-refractivity contribution >= 4 is 144 Å². The largest absolute Gasteiger partial charge is 0.494 e. The van der Waals surface area contributed by atoms with E-state index in [1.54, 1.807) is 49.5 Å². The molecule has 10 aromatic rings. The summed E-state index contributed by atoms with van der Waals surface area (Å²) in [6.07, 6.45) is -1.38. The maximum Gasteiger partial charge on any atom is 0.494 e. The van der Waals surface area contributed by atoms with Crippen molar-refractivity contribution in [2.24, 2.45) is 14.1 Å². The van der Waals surface area contributed by atoms with Crippen molar-refractivity contribution in [2.75, 3.05) is 105 Å². The van der Waals surface area contributed by atoms with E-state index >= 15 is 0 Å². The Morgan fingerprint density at radius 3 is 1.19 bits per heavy atom. The Labute approximate surface area is 736 Å². The van der Waals surface area contributed by atoms with Gasteiger partial charge in [0, 0.05) is 148 Å². The molecular formula is C84H110B3Br2F6N21O8. The molecule has 0 aliphatic carbocycles. The quantitative estimate of drug-likeness (QED) is 0.0393. The Morgan fingerprint density at radius 2 is 0.806 bits per heavy atom. The van der Waals surface area contributed by atoms with E-state index < -0.39 is 49.6 Å². The highest BCUT2D eigenvalue weighted by molar-refractivity contribution is 9.10. The number of halogens is 8. The summed E-state index contributed by atoms with van der Waals surface area (Å²) in [7, 11) is 6.08. The SMILES string of the molecule is CC1(C)OB(B2OC(C)(C)C(C)(C)O2)OC1(C)C.CCc1cc(-c2cc(NC(=O)Nc3ccc(CN4CCN(C)CC4)c(C(F)(F)F)c3)nn2C)cc2cnc(N)nc12.CCc1cc(B2OC(C)(C)C(C)(C)O2)cc2cnc(N)nc12.CCc1cc(Br)cc2cnc(N)nc12.CN1CCN(Cc2ccc(NC(=O)Nc3cc(Br)n(C)n3)cc2C(F)(F)F)CC1. The number of alkyl halides is 6. The fraction of sp³-hybridized carbons (Fsp3) is 0.476. The Balaban J connectivity index is 0.000000158. The number of hydrogen-bond acceptors (Lipinski definition) is 23. The first kappa shape index (κ1) is 95.5. The number of fused-ring (bicyclic) bond motifs is 3. The number of likely N-dealkylation sites (N-methyl/N-ethyl adjacent to an activating group) is 2. The molecule has 40 heteroatoms. The van der Waals surface area contributed by atoms with Crippen LogP contribution in [0.3, 0.4) is 0 Å². The van der Waals surface area contributed by atoms with Crippen LogP contribution >= 0.6 is 31.9 Å². The van der Waals surface area contributed by atoms with Gasteiger partial charge in [-0.1, -0.05) is 61.0 Å². The first-order valence-corrected chi connectivity index (χ1v) is 42.5. The van der Waals surface area contributed by atoms with Crippen molar-refractivity contribution in [3.63, 3.8) is 0 Å². The third-order valence-electron chi connectivity index (χ3n) is 23.6. The van der Waals surface area contributed by atoms with Crippen LogP contribution in [-0.4, -0.2) is 202 Å². The minimum atomic E-state index is -4.56. The van der Waals surface area contributed by atoms with Crippen LogP contribution in [-0.2, 0) is 86.7 Å². The lowest BCUT2D eigenvalue weighted by Crippen LogP contribution is -2.44. The van der Waals surface area contributed by atoms with Gasteiger partial charge in [0.05, 0.1) is 67.0 Å². The summed E-state index contributed by atoms with van der Waals surface area (Å²) in [5, 5.41) is 21.2. The standard InChI is InChI=1S/C28H32F3N9O.C18H22BrF3N6O.C16H22BN3O2.C12H24B2O4.C10H10BrN3/c1-4-17-11-19(12-20-15-33-26(32)36-25(17)20)23-14-24(37-39(23)3)35-27(41)34-21-6-5-18(22(13-21)28(29,30)31)16-40-9-7-38(2)8-10-40;1-26-5-7-28(8-6-26)11-12-3-4-13(9-14(12)18(20,21)22)23-17(29)24-16-10-15(19)27(2)25-16;1-6-10-7-12(8-11-9-19-14(18)20-13(10)11)17-21-15(2,3)16(4,5)22-17;1-9(2)10(3,4)16-13(15-9)14-17-11(5,6)12(7,8)18-14;1-2-6-3-8(11)4-7-5-13-10(12)14-9(6)7/h5-6,11-15H,4,7-10,16H2,1-3H3,(H2,32,33,36)(H2,34,35,37,41);3-4,9-10H,5-8,11H2,1-2H3,(H2,23,24,25,29);7-9H,6H2,1-5H3,(H2,18,19,20);1-8H3;3-5H,2H2,1H3,(H2,12,13,14). The Kier molecular flexibility index (Phi) is 29.4. The van der Waals surface area contributed by atoms with Crippen LogP contribution in [0.4, 0.5) is 76.8 Å². The van der Waals surface area contributed by atoms with Gasteiger partial charge in [-0.15, -0.1) is 0 Å². The molecule has 0 saturated carbocycles. The van der Waals surface area contributed by atoms with E-state index in [4.69, 9.17) is 45.1 Å². The summed E-state index contributed by atoms with van der Waals surface area (Å²) in [6, 6.07) is 21.7. The number of urea groups is 2. The number of anilines is 7. The maximum atomic E-state index is 13.9. The molecule has 0 spiro atoms. The minimum Gasteiger partial charge on any atom is -0.405 e. The molecule has 0 bridgehead atoms. The van der Waals surface area contributed by atoms with Gasteiger partial charge < -0.3 is 65.6 Å². The highest BCUT2D eigenvalue weighted by atomic mass is 79.9. The van der Waals surface area contributed by atoms with Crippen LogP contribution in [0.5, 0.6) is 0 Å². The number of hydrogen-bond donors (Lipinski definition) is 7. The van der Waals surface area contributed by atoms with E-state index in [1.165, 1.54) is 34.5 Å². The number of rotatable bonds is 14. The van der Waals surface area contributed by atoms with Gasteiger partial charge in [0.25, 0.3) is 0 Å². The highest BCUT2D eigenvalue weighted by Gasteiger charge is 2.64. The second-order valence-electron chi connectivity index (χ2n) is 34.3. The zero-order valence-electron chi connectivity index (χ0n) is 73.5. The van der Waals surface area contributed by atoms with Crippen LogP contribution in [0.2, 0.25) is 0 Å². The summed E-state index contributed by atoms with van der Waals surface area (Å²) >= 11 is 6.71. The van der Waals surface area contributed by atoms with Gasteiger partial charge in [0.2, 0.25) is 17.8 Å². The molecule has 10 N–H and O–H groups in total. The number of piperazine rings is 2. The van der Waals surface area contributed by atoms with E-state index in [2.05, 4.69) is 157 Å². The van der Waals surface area contributed by atoms with Gasteiger partial charge in [0.15, 0.2) is 11.6 Å². The fourth-order valence-electron chi connectivity index (χ4n) is 14.2. The summed E-state index contributed by atoms with van der Waals surface area (Å²) in [5.74, 6) is 1.35. The summed E-state index contributed by atoms with van der Waals surface area (Å²) in [5.41, 5.74) is 22.3. The second kappa shape index (κ2) is 38.2. The maximum absolute atomic E-state index is 13.9. The summed E-state index contributed by atoms with van der Waals surface area (Å²) in [4.78, 5) is 58.3. The molecule has 4 amide bonds. The van der Waals surface area contributed by atoms with E-state index in [0.717, 1.165) is 136 Å². The number of nitrogen functional groups attached to an aromatic ring is 3. The third kappa shape index (κ3) is 23.2. The molecule has 0 atom stereocenters. The number of nitrogens with two attached hydrogens (primary N) is 3. The molecule has 5 aromatic heterocycles. The first-order chi connectivity index (χ1) is 57.9. The van der Waals surface area contributed by atoms with E-state index in [9.17, 15) is 35.9 Å². The molecule has 0 radical (unpaired) electrons. The van der Waals surface area contributed by atoms with Crippen LogP contribution < -0.4 is 43.9 Å². The Hall–Kier alpha value is -9.19. The number of nitrogens with one attached hydrogen (secondary N) is 4. The molecule has 5 fully saturated rings. The van der Waals surface area contributed by atoms with E-state index in [1.807, 2.05) is 110 Å². The van der Waals surface area contributed by atoms with Crippen LogP contribution in [0.1, 0.15) is 143 Å². The molecule has 5 saturated heterocycles. The predicted molar refractivity (Wildman–Crippen MR) is 482 cm³/mol. The molecule has 5 aromatic carbocycles.